The molecule has 1 fully saturated rings. The van der Waals surface area contributed by atoms with Crippen LogP contribution in [-0.4, -0.2) is 47.1 Å². The lowest BCUT2D eigenvalue weighted by Crippen LogP contribution is -2.29. The Balaban J connectivity index is 2.17. The summed E-state index contributed by atoms with van der Waals surface area (Å²) in [5.74, 6) is 5.23. The van der Waals surface area contributed by atoms with Gasteiger partial charge in [-0.3, -0.25) is 9.13 Å². The molecule has 2 heterocycles. The van der Waals surface area contributed by atoms with Crippen LogP contribution in [0.5, 0.6) is 0 Å². The molecule has 2 unspecified atom stereocenters. The quantitative estimate of drug-likeness (QED) is 0.383. The van der Waals surface area contributed by atoms with E-state index in [2.05, 4.69) is 25.9 Å². The van der Waals surface area contributed by atoms with E-state index in [4.69, 9.17) is 16.2 Å². The third-order valence-corrected chi connectivity index (χ3v) is 4.35. The number of aromatic nitrogens is 2. The second-order valence-corrected chi connectivity index (χ2v) is 6.61. The van der Waals surface area contributed by atoms with Gasteiger partial charge in [0.25, 0.3) is 7.82 Å². The van der Waals surface area contributed by atoms with Crippen LogP contribution in [0.1, 0.15) is 18.2 Å². The zero-order valence-corrected chi connectivity index (χ0v) is 14.2. The highest BCUT2D eigenvalue weighted by molar-refractivity contribution is 7.45. The number of aliphatic hydroxyl groups is 1. The normalized spacial score (nSPS) is 25.2. The Hall–Kier alpha value is -1.77. The second kappa shape index (κ2) is 8.07. The topological polar surface area (TPSA) is 175 Å². The van der Waals surface area contributed by atoms with E-state index in [1.807, 2.05) is 0 Å². The zero-order chi connectivity index (χ0) is 18.6. The van der Waals surface area contributed by atoms with E-state index in [1.54, 1.807) is 0 Å². The molecule has 0 saturated carbocycles. The van der Waals surface area contributed by atoms with E-state index in [-0.39, 0.29) is 24.3 Å². The van der Waals surface area contributed by atoms with Crippen molar-refractivity contribution in [1.29, 1.82) is 0 Å². The van der Waals surface area contributed by atoms with Gasteiger partial charge in [0.15, 0.2) is 0 Å². The van der Waals surface area contributed by atoms with Crippen LogP contribution in [0.2, 0.25) is 0 Å². The molecule has 0 radical (unpaired) electrons. The van der Waals surface area contributed by atoms with E-state index in [1.165, 1.54) is 6.20 Å². The summed E-state index contributed by atoms with van der Waals surface area (Å²) in [5.41, 5.74) is 10.5. The second-order valence-electron chi connectivity index (χ2n) is 5.09. The fourth-order valence-corrected chi connectivity index (χ4v) is 2.62. The summed E-state index contributed by atoms with van der Waals surface area (Å²) in [6.45, 7) is -0.353. The van der Waals surface area contributed by atoms with Crippen molar-refractivity contribution >= 4 is 13.6 Å². The average Bonchev–Trinajstić information content (AvgIpc) is 2.93. The zero-order valence-electron chi connectivity index (χ0n) is 13.3. The lowest BCUT2D eigenvalue weighted by molar-refractivity contribution is -0.226. The Labute approximate surface area is 143 Å². The number of nitrogens with zero attached hydrogens (tertiary/aromatic N) is 2. The maximum absolute atomic E-state index is 12.0. The van der Waals surface area contributed by atoms with Crippen molar-refractivity contribution in [3.8, 4) is 11.8 Å². The molecule has 1 aromatic heterocycles. The number of aliphatic hydroxyl groups excluding tert-OH is 1. The molecule has 1 aliphatic rings. The largest absolute Gasteiger partial charge is 0.756 e. The van der Waals surface area contributed by atoms with Gasteiger partial charge in [0.05, 0.1) is 24.8 Å². The first-order valence-corrected chi connectivity index (χ1v) is 8.66. The Morgan fingerprint density at radius 2 is 2.36 bits per heavy atom. The Morgan fingerprint density at radius 3 is 3.00 bits per heavy atom. The van der Waals surface area contributed by atoms with Crippen LogP contribution >= 0.6 is 7.82 Å². The number of hydrogen-bond donors (Lipinski definition) is 3. The molecule has 12 heteroatoms. The van der Waals surface area contributed by atoms with Crippen molar-refractivity contribution in [3.63, 3.8) is 0 Å². The third-order valence-electron chi connectivity index (χ3n) is 3.44. The first-order valence-electron chi connectivity index (χ1n) is 7.20. The van der Waals surface area contributed by atoms with Crippen molar-refractivity contribution < 1.29 is 28.3 Å². The number of ether oxygens (including phenoxy) is 1. The lowest BCUT2D eigenvalue weighted by atomic mass is 10.2. The van der Waals surface area contributed by atoms with Crippen LogP contribution in [0.3, 0.4) is 0 Å². The van der Waals surface area contributed by atoms with Gasteiger partial charge in [-0.1, -0.05) is 11.8 Å². The van der Waals surface area contributed by atoms with Gasteiger partial charge < -0.3 is 35.3 Å². The number of phosphoric acid groups is 1. The van der Waals surface area contributed by atoms with Crippen LogP contribution in [0.4, 0.5) is 5.82 Å². The number of phosphoric ester groups is 1. The van der Waals surface area contributed by atoms with Gasteiger partial charge in [0.1, 0.15) is 18.1 Å². The van der Waals surface area contributed by atoms with E-state index < -0.39 is 38.6 Å². The molecule has 0 amide bonds. The molecule has 25 heavy (non-hydrogen) atoms. The van der Waals surface area contributed by atoms with E-state index in [0.29, 0.717) is 0 Å². The van der Waals surface area contributed by atoms with Crippen LogP contribution in [-0.2, 0) is 18.3 Å². The maximum Gasteiger partial charge on any atom is 0.351 e. The van der Waals surface area contributed by atoms with Crippen molar-refractivity contribution in [2.24, 2.45) is 5.73 Å². The minimum absolute atomic E-state index is 0.0272. The Morgan fingerprint density at radius 1 is 1.64 bits per heavy atom. The van der Waals surface area contributed by atoms with Crippen LogP contribution < -0.4 is 22.1 Å². The number of anilines is 1. The van der Waals surface area contributed by atoms with Gasteiger partial charge in [-0.2, -0.15) is 4.98 Å². The van der Waals surface area contributed by atoms with Gasteiger partial charge in [-0.25, -0.2) is 4.79 Å². The van der Waals surface area contributed by atoms with Gasteiger partial charge in [0.2, 0.25) is 0 Å². The molecule has 5 N–H and O–H groups in total. The average molecular weight is 373 g/mol. The summed E-state index contributed by atoms with van der Waals surface area (Å²) in [6.07, 6.45) is -1.52. The summed E-state index contributed by atoms with van der Waals surface area (Å²) in [7, 11) is -3.50. The Kier molecular flexibility index (Phi) is 6.31. The molecule has 0 aromatic carbocycles. The lowest BCUT2D eigenvalue weighted by Gasteiger charge is -2.23. The van der Waals surface area contributed by atoms with E-state index >= 15 is 0 Å². The standard InChI is InChI=1S/C13H19N4O7P/c1-22-25(20,21)23-7-10-9(18)5-11(24-10)17-6-8(3-2-4-14)12(15)16-13(17)19/h6,9-11,18H,4-5,7,14H2,1H3,(H,20,21)(H2,15,16,19)/p-1/t9?,10-,11-/m1/s1. The summed E-state index contributed by atoms with van der Waals surface area (Å²) >= 11 is 0. The minimum atomic E-state index is -4.45. The first-order chi connectivity index (χ1) is 11.8. The molecule has 0 spiro atoms. The molecule has 1 aromatic rings. The number of rotatable bonds is 5. The molecular formula is C13H18N4O7P-. The monoisotopic (exact) mass is 373 g/mol. The van der Waals surface area contributed by atoms with Crippen molar-refractivity contribution in [1.82, 2.24) is 9.55 Å². The summed E-state index contributed by atoms with van der Waals surface area (Å²) in [6, 6.07) is 0. The molecular weight excluding hydrogens is 355 g/mol. The SMILES string of the molecule is COP(=O)([O-])OC[C@H]1O[C@@H](n2cc(C#CCN)c(N)nc2=O)CC1O. The molecule has 1 saturated heterocycles. The van der Waals surface area contributed by atoms with Crippen LogP contribution in [0.25, 0.3) is 0 Å². The molecule has 0 bridgehead atoms. The fourth-order valence-electron chi connectivity index (χ4n) is 2.18. The minimum Gasteiger partial charge on any atom is -0.756 e. The van der Waals surface area contributed by atoms with Gasteiger partial charge in [-0.15, -0.1) is 0 Å². The molecule has 0 aliphatic carbocycles. The predicted molar refractivity (Wildman–Crippen MR) is 83.9 cm³/mol. The van der Waals surface area contributed by atoms with Crippen LogP contribution in [0.15, 0.2) is 11.0 Å². The molecule has 11 nitrogen and oxygen atoms in total. The maximum atomic E-state index is 12.0. The number of nitrogen functional groups attached to an aromatic ring is 1. The summed E-state index contributed by atoms with van der Waals surface area (Å²) < 4.78 is 26.6. The van der Waals surface area contributed by atoms with Gasteiger partial charge in [0, 0.05) is 19.7 Å². The van der Waals surface area contributed by atoms with E-state index in [0.717, 1.165) is 11.7 Å². The highest BCUT2D eigenvalue weighted by Crippen LogP contribution is 2.38. The molecule has 1 aliphatic heterocycles. The van der Waals surface area contributed by atoms with E-state index in [9.17, 15) is 19.4 Å². The summed E-state index contributed by atoms with van der Waals surface area (Å²) in [4.78, 5) is 26.9. The smallest absolute Gasteiger partial charge is 0.351 e. The third kappa shape index (κ3) is 4.87. The van der Waals surface area contributed by atoms with Crippen molar-refractivity contribution in [2.45, 2.75) is 24.9 Å². The van der Waals surface area contributed by atoms with Gasteiger partial charge >= 0.3 is 5.69 Å². The fraction of sp³-hybridized carbons (Fsp3) is 0.538. The van der Waals surface area contributed by atoms with Crippen molar-refractivity contribution in [2.75, 3.05) is 26.0 Å². The van der Waals surface area contributed by atoms with Crippen molar-refractivity contribution in [3.05, 3.63) is 22.2 Å². The number of nitrogens with two attached hydrogens (primary N) is 2. The number of hydrogen-bond acceptors (Lipinski definition) is 10. The van der Waals surface area contributed by atoms with Crippen LogP contribution in [0, 0.1) is 11.8 Å². The van der Waals surface area contributed by atoms with Gasteiger partial charge in [-0.05, 0) is 0 Å². The highest BCUT2D eigenvalue weighted by Gasteiger charge is 2.36. The first kappa shape index (κ1) is 19.6. The molecule has 2 rings (SSSR count). The predicted octanol–water partition coefficient (Wildman–Crippen LogP) is -2.08. The summed E-state index contributed by atoms with van der Waals surface area (Å²) in [5, 5.41) is 10.0. The molecule has 4 atom stereocenters. The molecule has 138 valence electrons. The Bertz CT molecular complexity index is 787. The highest BCUT2D eigenvalue weighted by atomic mass is 31.2.